The van der Waals surface area contributed by atoms with Crippen LogP contribution in [0.25, 0.3) is 11.3 Å². The van der Waals surface area contributed by atoms with E-state index in [1.165, 1.54) is 24.4 Å². The van der Waals surface area contributed by atoms with E-state index in [0.29, 0.717) is 27.0 Å². The molecule has 2 aromatic carbocycles. The van der Waals surface area contributed by atoms with Crippen molar-refractivity contribution in [3.8, 4) is 17.0 Å². The van der Waals surface area contributed by atoms with E-state index in [-0.39, 0.29) is 23.0 Å². The summed E-state index contributed by atoms with van der Waals surface area (Å²) >= 11 is 17.4. The maximum atomic E-state index is 12.8. The van der Waals surface area contributed by atoms with E-state index < -0.39 is 6.36 Å². The average Bonchev–Trinajstić information content (AvgIpc) is 2.69. The topological polar surface area (TPSA) is 46.2 Å². The Labute approximate surface area is 186 Å². The van der Waals surface area contributed by atoms with Gasteiger partial charge in [-0.3, -0.25) is 4.98 Å². The molecule has 10 heteroatoms. The average molecular weight is 472 g/mol. The van der Waals surface area contributed by atoms with Gasteiger partial charge in [0.2, 0.25) is 0 Å². The Kier molecular flexibility index (Phi) is 7.02. The maximum absolute atomic E-state index is 12.8. The zero-order valence-electron chi connectivity index (χ0n) is 15.1. The number of thiocarbonyl (C=S) groups is 1. The van der Waals surface area contributed by atoms with Crippen LogP contribution in [-0.2, 0) is 6.54 Å². The third kappa shape index (κ3) is 5.75. The molecule has 0 bridgehead atoms. The smallest absolute Gasteiger partial charge is 0.405 e. The minimum atomic E-state index is -4.81. The molecule has 0 fully saturated rings. The number of anilines is 1. The standard InChI is InChI=1S/C20H14Cl2F3N3OS/c21-14-7-3-8-15(17(14)22)28-19(30)27-11-12-5-4-10-26-18(12)13-6-1-2-9-16(13)29-20(23,24)25/h1-10H,11H2,(H2,27,28,30). The summed E-state index contributed by atoms with van der Waals surface area (Å²) in [5.41, 5.74) is 1.70. The number of pyridine rings is 1. The van der Waals surface area contributed by atoms with Crippen molar-refractivity contribution < 1.29 is 17.9 Å². The molecule has 3 rings (SSSR count). The Bertz CT molecular complexity index is 1060. The summed E-state index contributed by atoms with van der Waals surface area (Å²) < 4.78 is 42.4. The fourth-order valence-corrected chi connectivity index (χ4v) is 3.17. The van der Waals surface area contributed by atoms with Crippen LogP contribution in [0.1, 0.15) is 5.56 Å². The van der Waals surface area contributed by atoms with Crippen molar-refractivity contribution in [2.75, 3.05) is 5.32 Å². The van der Waals surface area contributed by atoms with Gasteiger partial charge in [0.1, 0.15) is 5.75 Å². The largest absolute Gasteiger partial charge is 0.573 e. The van der Waals surface area contributed by atoms with Crippen molar-refractivity contribution in [1.82, 2.24) is 10.3 Å². The van der Waals surface area contributed by atoms with Crippen LogP contribution in [0.15, 0.2) is 60.8 Å². The van der Waals surface area contributed by atoms with E-state index in [4.69, 9.17) is 35.4 Å². The van der Waals surface area contributed by atoms with Crippen LogP contribution in [0.5, 0.6) is 5.75 Å². The molecule has 1 aromatic heterocycles. The van der Waals surface area contributed by atoms with Crippen molar-refractivity contribution in [2.45, 2.75) is 12.9 Å². The number of ether oxygens (including phenoxy) is 1. The summed E-state index contributed by atoms with van der Waals surface area (Å²) in [6.07, 6.45) is -3.32. The molecule has 30 heavy (non-hydrogen) atoms. The molecule has 156 valence electrons. The second kappa shape index (κ2) is 9.51. The Balaban J connectivity index is 1.78. The molecule has 0 radical (unpaired) electrons. The van der Waals surface area contributed by atoms with Gasteiger partial charge >= 0.3 is 6.36 Å². The summed E-state index contributed by atoms with van der Waals surface area (Å²) in [6, 6.07) is 14.3. The quantitative estimate of drug-likeness (QED) is 0.419. The predicted molar refractivity (Wildman–Crippen MR) is 116 cm³/mol. The number of benzene rings is 2. The molecule has 2 N–H and O–H groups in total. The summed E-state index contributed by atoms with van der Waals surface area (Å²) in [6.45, 7) is 0.202. The fourth-order valence-electron chi connectivity index (χ4n) is 2.64. The van der Waals surface area contributed by atoms with Gasteiger partial charge < -0.3 is 15.4 Å². The van der Waals surface area contributed by atoms with Gasteiger partial charge in [0.05, 0.1) is 21.4 Å². The first-order valence-electron chi connectivity index (χ1n) is 8.52. The highest BCUT2D eigenvalue weighted by molar-refractivity contribution is 7.80. The minimum Gasteiger partial charge on any atom is -0.405 e. The number of alkyl halides is 3. The van der Waals surface area contributed by atoms with E-state index >= 15 is 0 Å². The van der Waals surface area contributed by atoms with Crippen LogP contribution in [0.3, 0.4) is 0 Å². The first kappa shape index (κ1) is 22.1. The highest BCUT2D eigenvalue weighted by atomic mass is 35.5. The van der Waals surface area contributed by atoms with Crippen molar-refractivity contribution >= 4 is 46.2 Å². The highest BCUT2D eigenvalue weighted by Crippen LogP contribution is 2.34. The molecule has 0 unspecified atom stereocenters. The van der Waals surface area contributed by atoms with E-state index in [1.807, 2.05) is 0 Å². The lowest BCUT2D eigenvalue weighted by Crippen LogP contribution is -2.28. The number of para-hydroxylation sites is 1. The SMILES string of the molecule is FC(F)(F)Oc1ccccc1-c1ncccc1CNC(=S)Nc1cccc(Cl)c1Cl. The molecule has 0 spiro atoms. The van der Waals surface area contributed by atoms with Gasteiger partial charge in [-0.25, -0.2) is 0 Å². The van der Waals surface area contributed by atoms with E-state index in [9.17, 15) is 13.2 Å². The van der Waals surface area contributed by atoms with Crippen molar-refractivity contribution in [2.24, 2.45) is 0 Å². The first-order valence-corrected chi connectivity index (χ1v) is 9.69. The molecule has 0 saturated heterocycles. The van der Waals surface area contributed by atoms with Gasteiger partial charge in [0, 0.05) is 18.3 Å². The van der Waals surface area contributed by atoms with E-state index in [2.05, 4.69) is 20.4 Å². The molecular weight excluding hydrogens is 458 g/mol. The van der Waals surface area contributed by atoms with Gasteiger partial charge in [-0.2, -0.15) is 0 Å². The lowest BCUT2D eigenvalue weighted by molar-refractivity contribution is -0.274. The van der Waals surface area contributed by atoms with Crippen LogP contribution in [0.2, 0.25) is 10.0 Å². The Morgan fingerprint density at radius 1 is 1.03 bits per heavy atom. The molecule has 0 aliphatic heterocycles. The van der Waals surface area contributed by atoms with Crippen molar-refractivity contribution in [3.63, 3.8) is 0 Å². The highest BCUT2D eigenvalue weighted by Gasteiger charge is 2.32. The van der Waals surface area contributed by atoms with Gasteiger partial charge in [-0.1, -0.05) is 47.5 Å². The summed E-state index contributed by atoms with van der Waals surface area (Å²) in [5, 5.41) is 6.88. The molecule has 3 aromatic rings. The number of nitrogens with zero attached hydrogens (tertiary/aromatic N) is 1. The number of halogens is 5. The molecule has 0 aliphatic carbocycles. The summed E-state index contributed by atoms with van der Waals surface area (Å²) in [5.74, 6) is -0.337. The second-order valence-corrected chi connectivity index (χ2v) is 7.16. The van der Waals surface area contributed by atoms with E-state index in [0.717, 1.165) is 0 Å². The predicted octanol–water partition coefficient (Wildman–Crippen LogP) is 6.44. The number of hydrogen-bond acceptors (Lipinski definition) is 3. The molecule has 0 aliphatic rings. The molecule has 0 amide bonds. The van der Waals surface area contributed by atoms with Gasteiger partial charge in [-0.15, -0.1) is 13.2 Å². The number of nitrogens with one attached hydrogen (secondary N) is 2. The zero-order chi connectivity index (χ0) is 21.7. The Morgan fingerprint density at radius 2 is 1.80 bits per heavy atom. The Hall–Kier alpha value is -2.55. The maximum Gasteiger partial charge on any atom is 0.573 e. The summed E-state index contributed by atoms with van der Waals surface area (Å²) in [7, 11) is 0. The van der Waals surface area contributed by atoms with Crippen molar-refractivity contribution in [3.05, 3.63) is 76.4 Å². The summed E-state index contributed by atoms with van der Waals surface area (Å²) in [4.78, 5) is 4.24. The minimum absolute atomic E-state index is 0.202. The van der Waals surface area contributed by atoms with Crippen molar-refractivity contribution in [1.29, 1.82) is 0 Å². The molecule has 1 heterocycles. The van der Waals surface area contributed by atoms with Crippen LogP contribution in [0.4, 0.5) is 18.9 Å². The number of hydrogen-bond donors (Lipinski definition) is 2. The second-order valence-electron chi connectivity index (χ2n) is 5.96. The van der Waals surface area contributed by atoms with Crippen LogP contribution in [-0.4, -0.2) is 16.5 Å². The van der Waals surface area contributed by atoms with Gasteiger partial charge in [0.25, 0.3) is 0 Å². The number of rotatable bonds is 5. The fraction of sp³-hybridized carbons (Fsp3) is 0.100. The normalized spacial score (nSPS) is 11.1. The lowest BCUT2D eigenvalue weighted by atomic mass is 10.0. The molecule has 0 saturated carbocycles. The van der Waals surface area contributed by atoms with Gasteiger partial charge in [0.15, 0.2) is 5.11 Å². The van der Waals surface area contributed by atoms with Gasteiger partial charge in [-0.05, 0) is 48.1 Å². The number of aromatic nitrogens is 1. The molecule has 0 atom stereocenters. The first-order chi connectivity index (χ1) is 14.2. The lowest BCUT2D eigenvalue weighted by Gasteiger charge is -2.16. The van der Waals surface area contributed by atoms with Crippen LogP contribution in [0, 0.1) is 0 Å². The van der Waals surface area contributed by atoms with Crippen LogP contribution < -0.4 is 15.4 Å². The monoisotopic (exact) mass is 471 g/mol. The third-order valence-electron chi connectivity index (χ3n) is 3.90. The Morgan fingerprint density at radius 3 is 2.57 bits per heavy atom. The van der Waals surface area contributed by atoms with E-state index in [1.54, 1.807) is 36.4 Å². The molecular formula is C20H14Cl2F3N3OS. The molecule has 4 nitrogen and oxygen atoms in total. The van der Waals surface area contributed by atoms with Crippen LogP contribution >= 0.6 is 35.4 Å². The zero-order valence-corrected chi connectivity index (χ0v) is 17.5. The third-order valence-corrected chi connectivity index (χ3v) is 4.96.